The fourth-order valence-electron chi connectivity index (χ4n) is 3.25. The molecule has 4 rings (SSSR count). The quantitative estimate of drug-likeness (QED) is 0.524. The van der Waals surface area contributed by atoms with E-state index in [-0.39, 0.29) is 18.2 Å². The Balaban J connectivity index is 1.41. The first-order valence-corrected chi connectivity index (χ1v) is 11.5. The lowest BCUT2D eigenvalue weighted by molar-refractivity contribution is -0.115. The Hall–Kier alpha value is -3.21. The first-order chi connectivity index (χ1) is 16.0. The van der Waals surface area contributed by atoms with Gasteiger partial charge in [0.25, 0.3) is 5.91 Å². The van der Waals surface area contributed by atoms with Crippen LogP contribution in [-0.2, 0) is 16.0 Å². The minimum atomic E-state index is -0.272. The van der Waals surface area contributed by atoms with E-state index in [1.165, 1.54) is 24.6 Å². The van der Waals surface area contributed by atoms with Crippen molar-refractivity contribution in [2.45, 2.75) is 6.42 Å². The number of ether oxygens (including phenoxy) is 2. The molecule has 0 bridgehead atoms. The number of carbonyl (C=O) groups is 2. The summed E-state index contributed by atoms with van der Waals surface area (Å²) < 4.78 is 10.7. The Bertz CT molecular complexity index is 1130. The van der Waals surface area contributed by atoms with Crippen LogP contribution in [0.2, 0.25) is 5.02 Å². The van der Waals surface area contributed by atoms with Crippen LogP contribution in [-0.4, -0.2) is 60.1 Å². The molecule has 0 spiro atoms. The summed E-state index contributed by atoms with van der Waals surface area (Å²) in [5, 5.41) is 8.87. The molecule has 3 heterocycles. The smallest absolute Gasteiger partial charge is 0.254 e. The van der Waals surface area contributed by atoms with Gasteiger partial charge in [-0.1, -0.05) is 11.6 Å². The van der Waals surface area contributed by atoms with Gasteiger partial charge in [0.2, 0.25) is 5.91 Å². The Morgan fingerprint density at radius 2 is 2.06 bits per heavy atom. The lowest BCUT2D eigenvalue weighted by Gasteiger charge is -2.27. The summed E-state index contributed by atoms with van der Waals surface area (Å²) in [6.45, 7) is 2.12. The van der Waals surface area contributed by atoms with E-state index in [1.54, 1.807) is 40.6 Å². The highest BCUT2D eigenvalue weighted by molar-refractivity contribution is 7.13. The average molecular weight is 488 g/mol. The molecule has 0 unspecified atom stereocenters. The highest BCUT2D eigenvalue weighted by Gasteiger charge is 2.20. The maximum atomic E-state index is 12.8. The molecule has 11 heteroatoms. The average Bonchev–Trinajstić information content (AvgIpc) is 3.27. The molecule has 1 aliphatic rings. The van der Waals surface area contributed by atoms with Crippen LogP contribution in [0.5, 0.6) is 5.75 Å². The predicted octanol–water partition coefficient (Wildman–Crippen LogP) is 3.60. The van der Waals surface area contributed by atoms with E-state index < -0.39 is 0 Å². The number of nitrogens with one attached hydrogen (secondary N) is 2. The SMILES string of the molecule is COc1ccc(C(=O)N2CCOCC2)cc1NC(=O)Cc1csc(Nc2ccc(Cl)cn2)n1. The van der Waals surface area contributed by atoms with Gasteiger partial charge in [-0.2, -0.15) is 0 Å². The Kier molecular flexibility index (Phi) is 7.38. The van der Waals surface area contributed by atoms with Crippen LogP contribution in [0.1, 0.15) is 16.1 Å². The number of benzene rings is 1. The van der Waals surface area contributed by atoms with Gasteiger partial charge >= 0.3 is 0 Å². The van der Waals surface area contributed by atoms with Crippen LogP contribution in [0.4, 0.5) is 16.6 Å². The molecule has 0 radical (unpaired) electrons. The van der Waals surface area contributed by atoms with Gasteiger partial charge in [0.1, 0.15) is 11.6 Å². The molecular formula is C22H22ClN5O4S. The minimum absolute atomic E-state index is 0.0665. The fraction of sp³-hybridized carbons (Fsp3) is 0.273. The van der Waals surface area contributed by atoms with Gasteiger partial charge in [-0.05, 0) is 30.3 Å². The summed E-state index contributed by atoms with van der Waals surface area (Å²) in [6, 6.07) is 8.47. The molecule has 1 saturated heterocycles. The molecule has 2 aromatic heterocycles. The number of hydrogen-bond acceptors (Lipinski definition) is 8. The van der Waals surface area contributed by atoms with E-state index in [4.69, 9.17) is 21.1 Å². The number of nitrogens with zero attached hydrogens (tertiary/aromatic N) is 3. The molecule has 33 heavy (non-hydrogen) atoms. The van der Waals surface area contributed by atoms with E-state index >= 15 is 0 Å². The van der Waals surface area contributed by atoms with Crippen molar-refractivity contribution >= 4 is 51.4 Å². The highest BCUT2D eigenvalue weighted by Crippen LogP contribution is 2.27. The number of halogens is 1. The van der Waals surface area contributed by atoms with Crippen LogP contribution in [0.15, 0.2) is 41.9 Å². The van der Waals surface area contributed by atoms with Crippen molar-refractivity contribution in [3.05, 3.63) is 58.2 Å². The third-order valence-corrected chi connectivity index (χ3v) is 5.90. The van der Waals surface area contributed by atoms with Gasteiger partial charge in [-0.15, -0.1) is 11.3 Å². The number of anilines is 3. The Morgan fingerprint density at radius 1 is 1.24 bits per heavy atom. The van der Waals surface area contributed by atoms with E-state index in [0.717, 1.165) is 0 Å². The standard InChI is InChI=1S/C22H22ClN5O4S/c1-31-18-4-2-14(21(30)28-6-8-32-9-7-28)10-17(18)26-20(29)11-16-13-33-22(25-16)27-19-5-3-15(23)12-24-19/h2-5,10,12-13H,6-9,11H2,1H3,(H,26,29)(H,24,25,27). The molecule has 0 saturated carbocycles. The summed E-state index contributed by atoms with van der Waals surface area (Å²) in [7, 11) is 1.51. The number of thiazole rings is 1. The first-order valence-electron chi connectivity index (χ1n) is 10.2. The molecule has 3 aromatic rings. The molecule has 1 aromatic carbocycles. The monoisotopic (exact) mass is 487 g/mol. The van der Waals surface area contributed by atoms with E-state index in [2.05, 4.69) is 20.6 Å². The van der Waals surface area contributed by atoms with E-state index in [1.807, 2.05) is 0 Å². The maximum Gasteiger partial charge on any atom is 0.254 e. The fourth-order valence-corrected chi connectivity index (χ4v) is 4.08. The lowest BCUT2D eigenvalue weighted by atomic mass is 10.1. The summed E-state index contributed by atoms with van der Waals surface area (Å²) in [6.07, 6.45) is 1.61. The van der Waals surface area contributed by atoms with E-state index in [0.29, 0.717) is 65.0 Å². The van der Waals surface area contributed by atoms with E-state index in [9.17, 15) is 9.59 Å². The number of amides is 2. The van der Waals surface area contributed by atoms with Crippen molar-refractivity contribution in [2.75, 3.05) is 44.0 Å². The van der Waals surface area contributed by atoms with Crippen molar-refractivity contribution < 1.29 is 19.1 Å². The molecule has 0 aliphatic carbocycles. The minimum Gasteiger partial charge on any atom is -0.495 e. The summed E-state index contributed by atoms with van der Waals surface area (Å²) >= 11 is 7.21. The predicted molar refractivity (Wildman–Crippen MR) is 127 cm³/mol. The zero-order chi connectivity index (χ0) is 23.2. The van der Waals surface area contributed by atoms with Gasteiger partial charge < -0.3 is 25.0 Å². The van der Waals surface area contributed by atoms with Crippen LogP contribution in [0, 0.1) is 0 Å². The molecule has 0 atom stereocenters. The van der Waals surface area contributed by atoms with Gasteiger partial charge in [-0.25, -0.2) is 9.97 Å². The summed E-state index contributed by atoms with van der Waals surface area (Å²) in [5.41, 5.74) is 1.51. The number of aromatic nitrogens is 2. The number of pyridine rings is 1. The zero-order valence-corrected chi connectivity index (χ0v) is 19.4. The first kappa shape index (κ1) is 23.0. The van der Waals surface area contributed by atoms with Crippen LogP contribution in [0.3, 0.4) is 0 Å². The normalized spacial score (nSPS) is 13.5. The van der Waals surface area contributed by atoms with Crippen molar-refractivity contribution in [2.24, 2.45) is 0 Å². The van der Waals surface area contributed by atoms with Gasteiger partial charge in [0, 0.05) is 30.2 Å². The molecule has 1 fully saturated rings. The number of hydrogen-bond donors (Lipinski definition) is 2. The second kappa shape index (κ2) is 10.6. The number of methoxy groups -OCH3 is 1. The van der Waals surface area contributed by atoms with Crippen LogP contribution in [0.25, 0.3) is 0 Å². The molecule has 172 valence electrons. The van der Waals surface area contributed by atoms with Gasteiger partial charge in [0.15, 0.2) is 5.13 Å². The zero-order valence-electron chi connectivity index (χ0n) is 17.8. The largest absolute Gasteiger partial charge is 0.495 e. The van der Waals surface area contributed by atoms with Crippen molar-refractivity contribution in [3.8, 4) is 5.75 Å². The van der Waals surface area contributed by atoms with Crippen molar-refractivity contribution in [3.63, 3.8) is 0 Å². The Morgan fingerprint density at radius 3 is 2.79 bits per heavy atom. The molecular weight excluding hydrogens is 466 g/mol. The highest BCUT2D eigenvalue weighted by atomic mass is 35.5. The maximum absolute atomic E-state index is 12.8. The third-order valence-electron chi connectivity index (χ3n) is 4.87. The number of rotatable bonds is 7. The summed E-state index contributed by atoms with van der Waals surface area (Å²) in [4.78, 5) is 35.8. The number of carbonyl (C=O) groups excluding carboxylic acids is 2. The summed E-state index contributed by atoms with van der Waals surface area (Å²) in [5.74, 6) is 0.695. The third kappa shape index (κ3) is 5.98. The second-order valence-electron chi connectivity index (χ2n) is 7.18. The number of morpholine rings is 1. The molecule has 1 aliphatic heterocycles. The lowest BCUT2D eigenvalue weighted by Crippen LogP contribution is -2.40. The molecule has 2 amide bonds. The van der Waals surface area contributed by atoms with Crippen LogP contribution < -0.4 is 15.4 Å². The molecule has 9 nitrogen and oxygen atoms in total. The van der Waals surface area contributed by atoms with Gasteiger partial charge in [0.05, 0.1) is 43.1 Å². The van der Waals surface area contributed by atoms with Crippen LogP contribution >= 0.6 is 22.9 Å². The van der Waals surface area contributed by atoms with Crippen molar-refractivity contribution in [1.29, 1.82) is 0 Å². The van der Waals surface area contributed by atoms with Gasteiger partial charge in [-0.3, -0.25) is 9.59 Å². The van der Waals surface area contributed by atoms with Crippen molar-refractivity contribution in [1.82, 2.24) is 14.9 Å². The second-order valence-corrected chi connectivity index (χ2v) is 8.47. The molecule has 2 N–H and O–H groups in total. The Labute approximate surface area is 199 Å². The topological polar surface area (TPSA) is 106 Å².